The molecule has 0 aliphatic carbocycles. The molecule has 0 spiro atoms. The Morgan fingerprint density at radius 3 is 2.47 bits per heavy atom. The molecule has 7 heteroatoms. The predicted molar refractivity (Wildman–Crippen MR) is 126 cm³/mol. The Morgan fingerprint density at radius 1 is 1.03 bits per heavy atom. The second-order valence-electron chi connectivity index (χ2n) is 7.96. The number of carbonyl (C=O) groups excluding carboxylic acids is 2. The van der Waals surface area contributed by atoms with Gasteiger partial charge in [0.2, 0.25) is 0 Å². The van der Waals surface area contributed by atoms with Crippen LogP contribution in [0.2, 0.25) is 5.02 Å². The van der Waals surface area contributed by atoms with Gasteiger partial charge in [-0.2, -0.15) is 0 Å². The summed E-state index contributed by atoms with van der Waals surface area (Å²) in [4.78, 5) is 27.0. The number of halogens is 1. The van der Waals surface area contributed by atoms with Crippen LogP contribution in [0.5, 0.6) is 5.75 Å². The standard InChI is InChI=1S/C25H26ClN3O3/c1-17-14-23(18(2)29(17)21-10-8-19(26)9-11-21)25(31)27-20-6-5-7-22(15-20)32-16-24(30)28-12-3-4-13-28/h5-11,14-15H,3-4,12-13,16H2,1-2H3,(H,27,31). The van der Waals surface area contributed by atoms with E-state index in [1.54, 1.807) is 24.3 Å². The number of anilines is 1. The van der Waals surface area contributed by atoms with E-state index in [9.17, 15) is 9.59 Å². The molecule has 1 aliphatic rings. The minimum absolute atomic E-state index is 0.000352. The van der Waals surface area contributed by atoms with Gasteiger partial charge < -0.3 is 19.5 Å². The van der Waals surface area contributed by atoms with E-state index in [1.165, 1.54) is 0 Å². The van der Waals surface area contributed by atoms with Crippen LogP contribution in [0.1, 0.15) is 34.6 Å². The molecule has 2 amide bonds. The minimum atomic E-state index is -0.205. The lowest BCUT2D eigenvalue weighted by molar-refractivity contribution is -0.132. The molecule has 1 N–H and O–H groups in total. The van der Waals surface area contributed by atoms with Crippen molar-refractivity contribution in [3.8, 4) is 11.4 Å². The van der Waals surface area contributed by atoms with Crippen LogP contribution >= 0.6 is 11.6 Å². The number of ether oxygens (including phenoxy) is 1. The highest BCUT2D eigenvalue weighted by atomic mass is 35.5. The zero-order valence-corrected chi connectivity index (χ0v) is 19.0. The summed E-state index contributed by atoms with van der Waals surface area (Å²) < 4.78 is 7.69. The molecular formula is C25H26ClN3O3. The summed E-state index contributed by atoms with van der Waals surface area (Å²) in [5.41, 5.74) is 3.94. The average molecular weight is 452 g/mol. The number of benzene rings is 2. The van der Waals surface area contributed by atoms with Crippen molar-refractivity contribution in [1.82, 2.24) is 9.47 Å². The van der Waals surface area contributed by atoms with Gasteiger partial charge in [0.25, 0.3) is 11.8 Å². The number of hydrogen-bond acceptors (Lipinski definition) is 3. The van der Waals surface area contributed by atoms with Gasteiger partial charge in [-0.25, -0.2) is 0 Å². The first kappa shape index (κ1) is 22.0. The third-order valence-electron chi connectivity index (χ3n) is 5.67. The van der Waals surface area contributed by atoms with E-state index in [4.69, 9.17) is 16.3 Å². The molecule has 1 aromatic heterocycles. The van der Waals surface area contributed by atoms with Gasteiger partial charge >= 0.3 is 0 Å². The normalized spacial score (nSPS) is 13.3. The second kappa shape index (κ2) is 9.49. The van der Waals surface area contributed by atoms with Crippen molar-refractivity contribution in [1.29, 1.82) is 0 Å². The maximum atomic E-state index is 13.0. The Bertz CT molecular complexity index is 1130. The number of rotatable bonds is 6. The van der Waals surface area contributed by atoms with E-state index in [2.05, 4.69) is 5.32 Å². The predicted octanol–water partition coefficient (Wildman–Crippen LogP) is 5.00. The van der Waals surface area contributed by atoms with Gasteiger partial charge in [-0.05, 0) is 69.2 Å². The van der Waals surface area contributed by atoms with E-state index >= 15 is 0 Å². The molecule has 32 heavy (non-hydrogen) atoms. The number of aromatic nitrogens is 1. The van der Waals surface area contributed by atoms with Crippen LogP contribution in [0.3, 0.4) is 0 Å². The third kappa shape index (κ3) is 4.81. The number of hydrogen-bond donors (Lipinski definition) is 1. The molecule has 1 saturated heterocycles. The molecule has 3 aromatic rings. The first-order valence-corrected chi connectivity index (χ1v) is 11.1. The van der Waals surface area contributed by atoms with Crippen molar-refractivity contribution in [2.75, 3.05) is 25.0 Å². The van der Waals surface area contributed by atoms with Gasteiger partial charge in [0.05, 0.1) is 5.56 Å². The van der Waals surface area contributed by atoms with Gasteiger partial charge in [-0.1, -0.05) is 17.7 Å². The van der Waals surface area contributed by atoms with Crippen LogP contribution in [0.4, 0.5) is 5.69 Å². The maximum Gasteiger partial charge on any atom is 0.260 e. The molecule has 0 unspecified atom stereocenters. The van der Waals surface area contributed by atoms with Crippen LogP contribution in [0.25, 0.3) is 5.69 Å². The van der Waals surface area contributed by atoms with Crippen molar-refractivity contribution < 1.29 is 14.3 Å². The number of likely N-dealkylation sites (tertiary alicyclic amines) is 1. The SMILES string of the molecule is Cc1cc(C(=O)Nc2cccc(OCC(=O)N3CCCC3)c2)c(C)n1-c1ccc(Cl)cc1. The zero-order valence-electron chi connectivity index (χ0n) is 18.2. The fourth-order valence-electron chi connectivity index (χ4n) is 4.05. The zero-order chi connectivity index (χ0) is 22.7. The summed E-state index contributed by atoms with van der Waals surface area (Å²) in [6.45, 7) is 5.48. The molecule has 0 saturated carbocycles. The summed E-state index contributed by atoms with van der Waals surface area (Å²) in [6.07, 6.45) is 2.10. The maximum absolute atomic E-state index is 13.0. The van der Waals surface area contributed by atoms with E-state index in [-0.39, 0.29) is 18.4 Å². The van der Waals surface area contributed by atoms with Crippen LogP contribution in [0, 0.1) is 13.8 Å². The number of amides is 2. The number of carbonyl (C=O) groups is 2. The van der Waals surface area contributed by atoms with Crippen molar-refractivity contribution in [2.45, 2.75) is 26.7 Å². The van der Waals surface area contributed by atoms with Crippen molar-refractivity contribution in [3.63, 3.8) is 0 Å². The van der Waals surface area contributed by atoms with Gasteiger partial charge in [-0.3, -0.25) is 9.59 Å². The Hall–Kier alpha value is -3.25. The molecule has 0 bridgehead atoms. The Morgan fingerprint density at radius 2 is 1.75 bits per heavy atom. The highest BCUT2D eigenvalue weighted by molar-refractivity contribution is 6.30. The Kier molecular flexibility index (Phi) is 6.51. The topological polar surface area (TPSA) is 63.6 Å². The summed E-state index contributed by atoms with van der Waals surface area (Å²) in [5, 5.41) is 3.60. The lowest BCUT2D eigenvalue weighted by Crippen LogP contribution is -2.32. The molecule has 0 radical (unpaired) electrons. The van der Waals surface area contributed by atoms with E-state index in [1.807, 2.05) is 53.6 Å². The Labute approximate surface area is 192 Å². The molecule has 4 rings (SSSR count). The van der Waals surface area contributed by atoms with Gasteiger partial charge in [0.15, 0.2) is 6.61 Å². The van der Waals surface area contributed by atoms with Gasteiger partial charge in [0.1, 0.15) is 5.75 Å². The third-order valence-corrected chi connectivity index (χ3v) is 5.93. The minimum Gasteiger partial charge on any atom is -0.484 e. The summed E-state index contributed by atoms with van der Waals surface area (Å²) in [7, 11) is 0. The monoisotopic (exact) mass is 451 g/mol. The van der Waals surface area contributed by atoms with Crippen LogP contribution < -0.4 is 10.1 Å². The first-order valence-electron chi connectivity index (χ1n) is 10.7. The van der Waals surface area contributed by atoms with Crippen LogP contribution in [-0.4, -0.2) is 41.0 Å². The van der Waals surface area contributed by atoms with E-state index in [0.717, 1.165) is 43.0 Å². The van der Waals surface area contributed by atoms with E-state index in [0.29, 0.717) is 22.0 Å². The average Bonchev–Trinajstić information content (AvgIpc) is 3.42. The molecule has 1 fully saturated rings. The molecule has 2 aromatic carbocycles. The van der Waals surface area contributed by atoms with Gasteiger partial charge in [0, 0.05) is 46.9 Å². The van der Waals surface area contributed by atoms with Crippen molar-refractivity contribution in [2.24, 2.45) is 0 Å². The van der Waals surface area contributed by atoms with Crippen molar-refractivity contribution in [3.05, 3.63) is 76.6 Å². The molecular weight excluding hydrogens is 426 g/mol. The molecule has 2 heterocycles. The molecule has 0 atom stereocenters. The number of aryl methyl sites for hydroxylation is 1. The summed E-state index contributed by atoms with van der Waals surface area (Å²) >= 11 is 6.01. The van der Waals surface area contributed by atoms with Crippen LogP contribution in [0.15, 0.2) is 54.6 Å². The van der Waals surface area contributed by atoms with Crippen molar-refractivity contribution >= 4 is 29.1 Å². The quantitative estimate of drug-likeness (QED) is 0.573. The fourth-order valence-corrected chi connectivity index (χ4v) is 4.17. The second-order valence-corrected chi connectivity index (χ2v) is 8.39. The number of nitrogens with zero attached hydrogens (tertiary/aromatic N) is 2. The van der Waals surface area contributed by atoms with E-state index < -0.39 is 0 Å². The number of nitrogens with one attached hydrogen (secondary N) is 1. The lowest BCUT2D eigenvalue weighted by atomic mass is 10.2. The lowest BCUT2D eigenvalue weighted by Gasteiger charge is -2.15. The molecule has 1 aliphatic heterocycles. The highest BCUT2D eigenvalue weighted by Crippen LogP contribution is 2.24. The van der Waals surface area contributed by atoms with Crippen LogP contribution in [-0.2, 0) is 4.79 Å². The Balaban J connectivity index is 1.45. The fraction of sp³-hybridized carbons (Fsp3) is 0.280. The summed E-state index contributed by atoms with van der Waals surface area (Å²) in [6, 6.07) is 16.5. The molecule has 166 valence electrons. The highest BCUT2D eigenvalue weighted by Gasteiger charge is 2.19. The molecule has 6 nitrogen and oxygen atoms in total. The first-order chi connectivity index (χ1) is 15.4. The summed E-state index contributed by atoms with van der Waals surface area (Å²) in [5.74, 6) is 0.331. The smallest absolute Gasteiger partial charge is 0.260 e. The van der Waals surface area contributed by atoms with Gasteiger partial charge in [-0.15, -0.1) is 0 Å². The largest absolute Gasteiger partial charge is 0.484 e.